The van der Waals surface area contributed by atoms with Gasteiger partial charge in [0.15, 0.2) is 5.82 Å². The molecule has 0 aliphatic heterocycles. The number of urea groups is 1. The second kappa shape index (κ2) is 5.09. The summed E-state index contributed by atoms with van der Waals surface area (Å²) in [5.41, 5.74) is -0.0528. The van der Waals surface area contributed by atoms with Gasteiger partial charge in [0.1, 0.15) is 5.82 Å². The topological polar surface area (TPSA) is 86.9 Å². The third-order valence-corrected chi connectivity index (χ3v) is 2.00. The molecule has 0 spiro atoms. The van der Waals surface area contributed by atoms with E-state index in [1.165, 1.54) is 30.3 Å². The molecule has 3 N–H and O–H groups in total. The van der Waals surface area contributed by atoms with Gasteiger partial charge >= 0.3 is 6.03 Å². The van der Waals surface area contributed by atoms with Gasteiger partial charge in [-0.3, -0.25) is 10.1 Å². The zero-order chi connectivity index (χ0) is 13.0. The summed E-state index contributed by atoms with van der Waals surface area (Å²) in [6, 6.07) is 7.47. The third kappa shape index (κ3) is 3.14. The number of hydrogen-bond donors (Lipinski definition) is 3. The first-order valence-corrected chi connectivity index (χ1v) is 5.03. The number of hydrogen-bond acceptors (Lipinski definition) is 3. The van der Waals surface area contributed by atoms with Crippen LogP contribution in [0.5, 0.6) is 0 Å². The summed E-state index contributed by atoms with van der Waals surface area (Å²) in [6.45, 7) is 0. The molecule has 0 fully saturated rings. The molecule has 0 atom stereocenters. The summed E-state index contributed by atoms with van der Waals surface area (Å²) in [6.07, 6.45) is 0. The number of halogens is 1. The lowest BCUT2D eigenvalue weighted by atomic mass is 10.3. The van der Waals surface area contributed by atoms with Crippen molar-refractivity contribution in [3.63, 3.8) is 0 Å². The number of anilines is 2. The lowest BCUT2D eigenvalue weighted by Gasteiger charge is -2.06. The number of amides is 2. The van der Waals surface area contributed by atoms with E-state index in [4.69, 9.17) is 0 Å². The highest BCUT2D eigenvalue weighted by molar-refractivity contribution is 5.99. The van der Waals surface area contributed by atoms with Crippen molar-refractivity contribution < 1.29 is 9.18 Å². The van der Waals surface area contributed by atoms with Crippen LogP contribution in [0.25, 0.3) is 0 Å². The predicted molar refractivity (Wildman–Crippen MR) is 63.9 cm³/mol. The molecule has 7 heteroatoms. The number of nitrogens with one attached hydrogen (secondary N) is 3. The van der Waals surface area contributed by atoms with Gasteiger partial charge in [0.25, 0.3) is 5.56 Å². The molecule has 18 heavy (non-hydrogen) atoms. The van der Waals surface area contributed by atoms with Gasteiger partial charge < -0.3 is 5.32 Å². The molecule has 2 amide bonds. The summed E-state index contributed by atoms with van der Waals surface area (Å²) >= 11 is 0. The fraction of sp³-hybridized carbons (Fsp3) is 0. The van der Waals surface area contributed by atoms with Gasteiger partial charge in [-0.15, -0.1) is 0 Å². The summed E-state index contributed by atoms with van der Waals surface area (Å²) in [5, 5.41) is 10.6. The molecule has 0 bridgehead atoms. The Balaban J connectivity index is 2.01. The quantitative estimate of drug-likeness (QED) is 0.753. The molecule has 92 valence electrons. The van der Waals surface area contributed by atoms with Crippen LogP contribution in [-0.2, 0) is 0 Å². The van der Waals surface area contributed by atoms with Crippen molar-refractivity contribution in [3.05, 3.63) is 52.6 Å². The Morgan fingerprint density at radius 2 is 2.06 bits per heavy atom. The Labute approximate surface area is 101 Å². The average molecular weight is 248 g/mol. The summed E-state index contributed by atoms with van der Waals surface area (Å²) in [5.74, 6) is -0.265. The van der Waals surface area contributed by atoms with Crippen LogP contribution in [0.1, 0.15) is 0 Å². The molecule has 0 radical (unpaired) electrons. The van der Waals surface area contributed by atoms with Crippen molar-refractivity contribution in [2.24, 2.45) is 0 Å². The third-order valence-electron chi connectivity index (χ3n) is 2.00. The summed E-state index contributed by atoms with van der Waals surface area (Å²) in [7, 11) is 0. The Bertz CT molecular complexity index is 606. The lowest BCUT2D eigenvalue weighted by Crippen LogP contribution is -2.21. The van der Waals surface area contributed by atoms with E-state index in [2.05, 4.69) is 20.8 Å². The minimum absolute atomic E-state index is 0.184. The number of carbonyl (C=O) groups is 1. The van der Waals surface area contributed by atoms with Crippen molar-refractivity contribution in [1.82, 2.24) is 10.2 Å². The molecular weight excluding hydrogens is 239 g/mol. The maximum Gasteiger partial charge on any atom is 0.324 e. The molecule has 0 unspecified atom stereocenters. The van der Waals surface area contributed by atoms with E-state index >= 15 is 0 Å². The van der Waals surface area contributed by atoms with Crippen LogP contribution < -0.4 is 16.2 Å². The van der Waals surface area contributed by atoms with E-state index in [1.54, 1.807) is 6.07 Å². The highest BCUT2D eigenvalue weighted by Gasteiger charge is 2.04. The van der Waals surface area contributed by atoms with Crippen LogP contribution in [0.4, 0.5) is 20.7 Å². The summed E-state index contributed by atoms with van der Waals surface area (Å²) < 4.78 is 12.9. The molecule has 2 rings (SSSR count). The minimum Gasteiger partial charge on any atom is -0.308 e. The zero-order valence-corrected chi connectivity index (χ0v) is 9.11. The second-order valence-electron chi connectivity index (χ2n) is 3.40. The lowest BCUT2D eigenvalue weighted by molar-refractivity contribution is 0.262. The molecule has 1 aromatic heterocycles. The van der Waals surface area contributed by atoms with Crippen molar-refractivity contribution >= 4 is 17.5 Å². The number of aromatic nitrogens is 2. The van der Waals surface area contributed by atoms with Crippen molar-refractivity contribution in [2.75, 3.05) is 10.6 Å². The van der Waals surface area contributed by atoms with Crippen LogP contribution >= 0.6 is 0 Å². The number of rotatable bonds is 2. The predicted octanol–water partition coefficient (Wildman–Crippen LogP) is 1.55. The van der Waals surface area contributed by atoms with Crippen LogP contribution in [0, 0.1) is 5.82 Å². The van der Waals surface area contributed by atoms with Gasteiger partial charge in [0.05, 0.1) is 0 Å². The van der Waals surface area contributed by atoms with Crippen molar-refractivity contribution in [1.29, 1.82) is 0 Å². The first-order chi connectivity index (χ1) is 8.63. The highest BCUT2D eigenvalue weighted by Crippen LogP contribution is 2.09. The van der Waals surface area contributed by atoms with Crippen LogP contribution in [-0.4, -0.2) is 16.2 Å². The molecule has 0 aliphatic carbocycles. The van der Waals surface area contributed by atoms with Gasteiger partial charge in [-0.1, -0.05) is 6.07 Å². The number of benzene rings is 1. The maximum absolute atomic E-state index is 12.9. The van der Waals surface area contributed by atoms with Crippen LogP contribution in [0.15, 0.2) is 41.2 Å². The standard InChI is InChI=1S/C11H9FN4O2/c12-7-2-1-3-8(6-7)13-11(18)14-9-4-5-10(17)16-15-9/h1-6H,(H,16,17)(H2,13,14,15,18). The largest absolute Gasteiger partial charge is 0.324 e. The highest BCUT2D eigenvalue weighted by atomic mass is 19.1. The average Bonchev–Trinajstić information content (AvgIpc) is 2.32. The van der Waals surface area contributed by atoms with Gasteiger partial charge in [0.2, 0.25) is 0 Å². The van der Waals surface area contributed by atoms with E-state index in [-0.39, 0.29) is 11.4 Å². The van der Waals surface area contributed by atoms with Crippen molar-refractivity contribution in [3.8, 4) is 0 Å². The molecular formula is C11H9FN4O2. The van der Waals surface area contributed by atoms with E-state index in [9.17, 15) is 14.0 Å². The fourth-order valence-electron chi connectivity index (χ4n) is 1.26. The molecule has 0 aliphatic rings. The zero-order valence-electron chi connectivity index (χ0n) is 9.11. The Morgan fingerprint density at radius 3 is 2.72 bits per heavy atom. The van der Waals surface area contributed by atoms with Gasteiger partial charge in [-0.2, -0.15) is 5.10 Å². The van der Waals surface area contributed by atoms with Gasteiger partial charge in [0, 0.05) is 11.8 Å². The molecule has 0 saturated carbocycles. The fourth-order valence-corrected chi connectivity index (χ4v) is 1.26. The second-order valence-corrected chi connectivity index (χ2v) is 3.40. The molecule has 6 nitrogen and oxygen atoms in total. The van der Waals surface area contributed by atoms with Crippen LogP contribution in [0.3, 0.4) is 0 Å². The van der Waals surface area contributed by atoms with Crippen LogP contribution in [0.2, 0.25) is 0 Å². The molecule has 2 aromatic rings. The van der Waals surface area contributed by atoms with E-state index in [0.717, 1.165) is 0 Å². The maximum atomic E-state index is 12.9. The Hall–Kier alpha value is -2.70. The molecule has 1 heterocycles. The number of nitrogens with zero attached hydrogens (tertiary/aromatic N) is 1. The normalized spacial score (nSPS) is 9.83. The molecule has 1 aromatic carbocycles. The van der Waals surface area contributed by atoms with Gasteiger partial charge in [-0.25, -0.2) is 14.3 Å². The Kier molecular flexibility index (Phi) is 3.33. The SMILES string of the molecule is O=C(Nc1cccc(F)c1)Nc1ccc(=O)[nH]n1. The Morgan fingerprint density at radius 1 is 1.22 bits per heavy atom. The minimum atomic E-state index is -0.583. The van der Waals surface area contributed by atoms with Crippen molar-refractivity contribution in [2.45, 2.75) is 0 Å². The monoisotopic (exact) mass is 248 g/mol. The van der Waals surface area contributed by atoms with E-state index in [0.29, 0.717) is 5.69 Å². The molecule has 0 saturated heterocycles. The van der Waals surface area contributed by atoms with E-state index in [1.807, 2.05) is 0 Å². The first kappa shape index (κ1) is 11.8. The van der Waals surface area contributed by atoms with E-state index < -0.39 is 11.8 Å². The first-order valence-electron chi connectivity index (χ1n) is 5.03. The number of aromatic amines is 1. The van der Waals surface area contributed by atoms with Gasteiger partial charge in [-0.05, 0) is 24.3 Å². The number of H-pyrrole nitrogens is 1. The summed E-state index contributed by atoms with van der Waals surface area (Å²) in [4.78, 5) is 22.2. The smallest absolute Gasteiger partial charge is 0.308 e. The number of carbonyl (C=O) groups excluding carboxylic acids is 1.